The van der Waals surface area contributed by atoms with Crippen LogP contribution in [0.4, 0.5) is 0 Å². The zero-order valence-corrected chi connectivity index (χ0v) is 9.74. The maximum Gasteiger partial charge on any atom is 0.0682 e. The topological polar surface area (TPSA) is 29.0 Å². The Labute approximate surface area is 95.5 Å². The summed E-state index contributed by atoms with van der Waals surface area (Å²) >= 11 is 5.91. The number of halogens is 1. The van der Waals surface area contributed by atoms with Gasteiger partial charge in [-0.15, -0.1) is 0 Å². The van der Waals surface area contributed by atoms with Crippen molar-refractivity contribution in [3.63, 3.8) is 0 Å². The maximum absolute atomic E-state index is 5.91. The Hall–Kier alpha value is -0.670. The highest BCUT2D eigenvalue weighted by Gasteiger charge is 2.20. The first-order valence-corrected chi connectivity index (χ1v) is 5.88. The highest BCUT2D eigenvalue weighted by atomic mass is 35.5. The van der Waals surface area contributed by atoms with Crippen LogP contribution in [0.2, 0.25) is 5.02 Å². The van der Waals surface area contributed by atoms with Gasteiger partial charge in [-0.05, 0) is 38.5 Å². The minimum atomic E-state index is 0.541. The Morgan fingerprint density at radius 1 is 1.47 bits per heavy atom. The van der Waals surface area contributed by atoms with Crippen molar-refractivity contribution in [2.24, 2.45) is 0 Å². The van der Waals surface area contributed by atoms with Crippen molar-refractivity contribution < 1.29 is 0 Å². The monoisotopic (exact) mass is 225 g/mol. The molecule has 2 heterocycles. The molecule has 1 aliphatic rings. The van der Waals surface area contributed by atoms with Crippen LogP contribution in [0.15, 0.2) is 12.3 Å². The molecule has 4 heteroatoms. The van der Waals surface area contributed by atoms with Crippen molar-refractivity contribution in [3.8, 4) is 0 Å². The van der Waals surface area contributed by atoms with Crippen LogP contribution in [0, 0.1) is 0 Å². The van der Waals surface area contributed by atoms with Crippen LogP contribution in [0.5, 0.6) is 0 Å². The molecule has 0 aromatic carbocycles. The van der Waals surface area contributed by atoms with Crippen molar-refractivity contribution in [2.45, 2.75) is 25.7 Å². The fourth-order valence-electron chi connectivity index (χ4n) is 2.10. The van der Waals surface area contributed by atoms with E-state index < -0.39 is 0 Å². The molecular weight excluding hydrogens is 210 g/mol. The summed E-state index contributed by atoms with van der Waals surface area (Å²) < 4.78 is 0. The molecule has 0 bridgehead atoms. The number of hydrogen-bond acceptors (Lipinski definition) is 3. The van der Waals surface area contributed by atoms with E-state index in [1.807, 2.05) is 6.07 Å². The summed E-state index contributed by atoms with van der Waals surface area (Å²) in [6, 6.07) is 1.95. The summed E-state index contributed by atoms with van der Waals surface area (Å²) in [6.45, 7) is 5.68. The van der Waals surface area contributed by atoms with Gasteiger partial charge in [0.2, 0.25) is 0 Å². The zero-order valence-electron chi connectivity index (χ0n) is 8.99. The van der Waals surface area contributed by atoms with Crippen LogP contribution in [0.3, 0.4) is 0 Å². The highest BCUT2D eigenvalue weighted by molar-refractivity contribution is 6.30. The molecule has 1 aliphatic heterocycles. The maximum atomic E-state index is 5.91. The van der Waals surface area contributed by atoms with Crippen molar-refractivity contribution in [1.82, 2.24) is 15.1 Å². The normalized spacial score (nSPS) is 19.3. The smallest absolute Gasteiger partial charge is 0.0682 e. The standard InChI is InChI=1S/C11H16ClN3/c1-2-15-5-3-9(4-6-15)11-7-10(12)8-13-14-11/h7-9H,2-6H2,1H3. The van der Waals surface area contributed by atoms with E-state index in [-0.39, 0.29) is 0 Å². The molecule has 0 spiro atoms. The molecule has 0 amide bonds. The van der Waals surface area contributed by atoms with Gasteiger partial charge in [-0.3, -0.25) is 0 Å². The van der Waals surface area contributed by atoms with E-state index in [0.717, 1.165) is 25.3 Å². The largest absolute Gasteiger partial charge is 0.304 e. The lowest BCUT2D eigenvalue weighted by Gasteiger charge is -2.30. The summed E-state index contributed by atoms with van der Waals surface area (Å²) in [4.78, 5) is 2.47. The van der Waals surface area contributed by atoms with Gasteiger partial charge in [0.05, 0.1) is 16.9 Å². The molecule has 0 N–H and O–H groups in total. The number of nitrogens with zero attached hydrogens (tertiary/aromatic N) is 3. The molecule has 2 rings (SSSR count). The lowest BCUT2D eigenvalue weighted by atomic mass is 9.93. The van der Waals surface area contributed by atoms with E-state index >= 15 is 0 Å². The molecular formula is C11H16ClN3. The number of piperidine rings is 1. The third-order valence-corrected chi connectivity index (χ3v) is 3.30. The second-order valence-corrected chi connectivity index (χ2v) is 4.44. The van der Waals surface area contributed by atoms with Gasteiger partial charge in [0.1, 0.15) is 0 Å². The first-order chi connectivity index (χ1) is 7.29. The molecule has 3 nitrogen and oxygen atoms in total. The van der Waals surface area contributed by atoms with Crippen molar-refractivity contribution >= 4 is 11.6 Å². The summed E-state index contributed by atoms with van der Waals surface area (Å²) in [5.74, 6) is 0.541. The van der Waals surface area contributed by atoms with Gasteiger partial charge < -0.3 is 4.90 Å². The van der Waals surface area contributed by atoms with E-state index in [1.165, 1.54) is 12.8 Å². The van der Waals surface area contributed by atoms with E-state index in [4.69, 9.17) is 11.6 Å². The SMILES string of the molecule is CCN1CCC(c2cc(Cl)cnn2)CC1. The van der Waals surface area contributed by atoms with Crippen LogP contribution in [0.1, 0.15) is 31.4 Å². The molecule has 15 heavy (non-hydrogen) atoms. The van der Waals surface area contributed by atoms with Crippen LogP contribution in [-0.2, 0) is 0 Å². The molecule has 1 aromatic rings. The van der Waals surface area contributed by atoms with Gasteiger partial charge in [-0.25, -0.2) is 0 Å². The molecule has 0 unspecified atom stereocenters. The average molecular weight is 226 g/mol. The Morgan fingerprint density at radius 2 is 2.20 bits per heavy atom. The molecule has 1 aromatic heterocycles. The lowest BCUT2D eigenvalue weighted by molar-refractivity contribution is 0.220. The molecule has 0 radical (unpaired) electrons. The van der Waals surface area contributed by atoms with Gasteiger partial charge in [0.25, 0.3) is 0 Å². The average Bonchev–Trinajstić information content (AvgIpc) is 2.29. The molecule has 0 aliphatic carbocycles. The first-order valence-electron chi connectivity index (χ1n) is 5.50. The van der Waals surface area contributed by atoms with Gasteiger partial charge in [0, 0.05) is 5.92 Å². The second kappa shape index (κ2) is 4.90. The Morgan fingerprint density at radius 3 is 2.80 bits per heavy atom. The number of aromatic nitrogens is 2. The molecule has 82 valence electrons. The third kappa shape index (κ3) is 2.67. The Kier molecular flexibility index (Phi) is 3.54. The van der Waals surface area contributed by atoms with Gasteiger partial charge in [-0.2, -0.15) is 10.2 Å². The van der Waals surface area contributed by atoms with Crippen LogP contribution < -0.4 is 0 Å². The lowest BCUT2D eigenvalue weighted by Crippen LogP contribution is -2.32. The van der Waals surface area contributed by atoms with Crippen molar-refractivity contribution in [2.75, 3.05) is 19.6 Å². The van der Waals surface area contributed by atoms with Crippen LogP contribution in [-0.4, -0.2) is 34.7 Å². The second-order valence-electron chi connectivity index (χ2n) is 4.01. The minimum Gasteiger partial charge on any atom is -0.304 e. The zero-order chi connectivity index (χ0) is 10.7. The van der Waals surface area contributed by atoms with Crippen molar-refractivity contribution in [3.05, 3.63) is 23.0 Å². The van der Waals surface area contributed by atoms with E-state index in [1.54, 1.807) is 6.20 Å². The predicted octanol–water partition coefficient (Wildman–Crippen LogP) is 2.33. The highest BCUT2D eigenvalue weighted by Crippen LogP contribution is 2.27. The Bertz CT molecular complexity index is 321. The quantitative estimate of drug-likeness (QED) is 0.774. The fourth-order valence-corrected chi connectivity index (χ4v) is 2.26. The number of rotatable bonds is 2. The van der Waals surface area contributed by atoms with Gasteiger partial charge in [0.15, 0.2) is 0 Å². The molecule has 0 saturated carbocycles. The summed E-state index contributed by atoms with van der Waals surface area (Å²) in [5.41, 5.74) is 1.05. The fraction of sp³-hybridized carbons (Fsp3) is 0.636. The summed E-state index contributed by atoms with van der Waals surface area (Å²) in [7, 11) is 0. The van der Waals surface area contributed by atoms with E-state index in [0.29, 0.717) is 10.9 Å². The van der Waals surface area contributed by atoms with Crippen LogP contribution >= 0.6 is 11.6 Å². The number of likely N-dealkylation sites (tertiary alicyclic amines) is 1. The van der Waals surface area contributed by atoms with E-state index in [9.17, 15) is 0 Å². The summed E-state index contributed by atoms with van der Waals surface area (Å²) in [6.07, 6.45) is 3.93. The van der Waals surface area contributed by atoms with Crippen molar-refractivity contribution in [1.29, 1.82) is 0 Å². The van der Waals surface area contributed by atoms with Gasteiger partial charge in [-0.1, -0.05) is 18.5 Å². The Balaban J connectivity index is 2.01. The first kappa shape index (κ1) is 10.8. The minimum absolute atomic E-state index is 0.541. The molecule has 1 fully saturated rings. The van der Waals surface area contributed by atoms with Crippen LogP contribution in [0.25, 0.3) is 0 Å². The van der Waals surface area contributed by atoms with E-state index in [2.05, 4.69) is 22.0 Å². The molecule has 0 atom stereocenters. The molecule has 1 saturated heterocycles. The predicted molar refractivity (Wildman–Crippen MR) is 61.1 cm³/mol. The van der Waals surface area contributed by atoms with Gasteiger partial charge >= 0.3 is 0 Å². The third-order valence-electron chi connectivity index (χ3n) is 3.09. The summed E-state index contributed by atoms with van der Waals surface area (Å²) in [5, 5.41) is 8.76. The number of hydrogen-bond donors (Lipinski definition) is 0.